The normalized spacial score (nSPS) is 23.9. The Kier molecular flexibility index (Phi) is 2.69. The van der Waals surface area contributed by atoms with Crippen molar-refractivity contribution in [3.05, 3.63) is 0 Å². The third-order valence-corrected chi connectivity index (χ3v) is 2.23. The zero-order chi connectivity index (χ0) is 9.19. The van der Waals surface area contributed by atoms with E-state index in [2.05, 4.69) is 5.32 Å². The van der Waals surface area contributed by atoms with Gasteiger partial charge in [-0.2, -0.15) is 0 Å². The monoisotopic (exact) mass is 192 g/mol. The van der Waals surface area contributed by atoms with Crippen LogP contribution >= 0.6 is 0 Å². The van der Waals surface area contributed by atoms with Gasteiger partial charge < -0.3 is 5.32 Å². The summed E-state index contributed by atoms with van der Waals surface area (Å²) in [5.41, 5.74) is 0. The summed E-state index contributed by atoms with van der Waals surface area (Å²) in [5, 5.41) is 2.90. The number of carbonyl (C=O) groups is 1. The van der Waals surface area contributed by atoms with Crippen molar-refractivity contribution in [2.45, 2.75) is 18.9 Å². The maximum absolute atomic E-state index is 11.1. The highest BCUT2D eigenvalue weighted by atomic mass is 32.2. The molecule has 1 aliphatic heterocycles. The molecule has 1 heterocycles. The minimum absolute atomic E-state index is 0.334. The first-order chi connectivity index (χ1) is 5.49. The van der Waals surface area contributed by atoms with Crippen molar-refractivity contribution in [2.75, 3.05) is 12.8 Å². The average Bonchev–Trinajstić information content (AvgIpc) is 2.32. The van der Waals surface area contributed by atoms with E-state index < -0.39 is 15.9 Å². The van der Waals surface area contributed by atoms with Crippen molar-refractivity contribution >= 4 is 15.9 Å². The molecule has 1 aliphatic rings. The van der Waals surface area contributed by atoms with Gasteiger partial charge in [-0.05, 0) is 19.4 Å². The second-order valence-electron chi connectivity index (χ2n) is 2.89. The highest BCUT2D eigenvalue weighted by Gasteiger charge is 2.23. The van der Waals surface area contributed by atoms with Crippen LogP contribution in [0.1, 0.15) is 12.8 Å². The summed E-state index contributed by atoms with van der Waals surface area (Å²) >= 11 is 0. The van der Waals surface area contributed by atoms with E-state index >= 15 is 0 Å². The molecule has 12 heavy (non-hydrogen) atoms. The summed E-state index contributed by atoms with van der Waals surface area (Å²) in [4.78, 5) is 11.1. The molecule has 0 aromatic heterocycles. The van der Waals surface area contributed by atoms with Crippen LogP contribution in [0.25, 0.3) is 0 Å². The molecule has 1 unspecified atom stereocenters. The Morgan fingerprint density at radius 3 is 2.67 bits per heavy atom. The molecule has 5 nitrogen and oxygen atoms in total. The topological polar surface area (TPSA) is 75.3 Å². The van der Waals surface area contributed by atoms with Crippen LogP contribution in [-0.4, -0.2) is 33.2 Å². The number of rotatable bonds is 2. The van der Waals surface area contributed by atoms with Crippen LogP contribution in [0.4, 0.5) is 0 Å². The van der Waals surface area contributed by atoms with E-state index in [1.165, 1.54) is 0 Å². The summed E-state index contributed by atoms with van der Waals surface area (Å²) in [6.07, 6.45) is 2.60. The van der Waals surface area contributed by atoms with Crippen molar-refractivity contribution < 1.29 is 13.2 Å². The van der Waals surface area contributed by atoms with E-state index in [1.807, 2.05) is 4.72 Å². The summed E-state index contributed by atoms with van der Waals surface area (Å²) in [6.45, 7) is 0.780. The van der Waals surface area contributed by atoms with E-state index in [-0.39, 0.29) is 6.04 Å². The highest BCUT2D eigenvalue weighted by Crippen LogP contribution is 2.04. The lowest BCUT2D eigenvalue weighted by molar-refractivity contribution is -0.120. The molecule has 0 bridgehead atoms. The summed E-state index contributed by atoms with van der Waals surface area (Å²) < 4.78 is 23.2. The van der Waals surface area contributed by atoms with Crippen LogP contribution in [0.5, 0.6) is 0 Å². The van der Waals surface area contributed by atoms with Gasteiger partial charge in [0.05, 0.1) is 12.3 Å². The largest absolute Gasteiger partial charge is 0.306 e. The number of amides is 1. The highest BCUT2D eigenvalue weighted by molar-refractivity contribution is 7.89. The van der Waals surface area contributed by atoms with Crippen molar-refractivity contribution in [3.63, 3.8) is 0 Å². The van der Waals surface area contributed by atoms with E-state index in [1.54, 1.807) is 0 Å². The zero-order valence-electron chi connectivity index (χ0n) is 6.83. The van der Waals surface area contributed by atoms with Crippen molar-refractivity contribution in [2.24, 2.45) is 0 Å². The average molecular weight is 192 g/mol. The van der Waals surface area contributed by atoms with Gasteiger partial charge >= 0.3 is 0 Å². The van der Waals surface area contributed by atoms with Gasteiger partial charge in [0.2, 0.25) is 10.0 Å². The molecule has 0 aromatic rings. The fourth-order valence-corrected chi connectivity index (χ4v) is 1.67. The Balaban J connectivity index is 2.48. The van der Waals surface area contributed by atoms with Gasteiger partial charge in [-0.1, -0.05) is 0 Å². The Hall–Kier alpha value is -0.620. The van der Waals surface area contributed by atoms with Crippen LogP contribution in [0.15, 0.2) is 0 Å². The molecule has 1 atom stereocenters. The SMILES string of the molecule is CS(=O)(=O)NC(=O)C1CCCN1. The minimum Gasteiger partial charge on any atom is -0.306 e. The molecular weight excluding hydrogens is 180 g/mol. The summed E-state index contributed by atoms with van der Waals surface area (Å²) in [5.74, 6) is -0.449. The molecule has 0 aliphatic carbocycles. The van der Waals surface area contributed by atoms with Crippen molar-refractivity contribution in [1.29, 1.82) is 0 Å². The lowest BCUT2D eigenvalue weighted by atomic mass is 10.2. The first kappa shape index (κ1) is 9.47. The zero-order valence-corrected chi connectivity index (χ0v) is 7.65. The molecule has 0 radical (unpaired) electrons. The summed E-state index contributed by atoms with van der Waals surface area (Å²) in [7, 11) is -3.40. The molecular formula is C6H12N2O3S. The van der Waals surface area contributed by atoms with Crippen LogP contribution in [-0.2, 0) is 14.8 Å². The third kappa shape index (κ3) is 2.78. The number of sulfonamides is 1. The first-order valence-corrected chi connectivity index (χ1v) is 5.63. The maximum Gasteiger partial charge on any atom is 0.250 e. The molecule has 1 rings (SSSR count). The smallest absolute Gasteiger partial charge is 0.250 e. The molecule has 1 amide bonds. The Morgan fingerprint density at radius 1 is 1.58 bits per heavy atom. The number of nitrogens with one attached hydrogen (secondary N) is 2. The lowest BCUT2D eigenvalue weighted by Crippen LogP contribution is -2.42. The molecule has 1 saturated heterocycles. The Morgan fingerprint density at radius 2 is 2.25 bits per heavy atom. The number of hydrogen-bond donors (Lipinski definition) is 2. The maximum atomic E-state index is 11.1. The number of hydrogen-bond acceptors (Lipinski definition) is 4. The van der Waals surface area contributed by atoms with E-state index in [0.717, 1.165) is 19.2 Å². The van der Waals surface area contributed by atoms with E-state index in [9.17, 15) is 13.2 Å². The van der Waals surface area contributed by atoms with Gasteiger partial charge in [0, 0.05) is 0 Å². The fourth-order valence-electron chi connectivity index (χ4n) is 1.16. The van der Waals surface area contributed by atoms with Crippen LogP contribution in [0, 0.1) is 0 Å². The van der Waals surface area contributed by atoms with Gasteiger partial charge in [-0.25, -0.2) is 8.42 Å². The van der Waals surface area contributed by atoms with Gasteiger partial charge in [-0.3, -0.25) is 9.52 Å². The van der Waals surface area contributed by atoms with Crippen LogP contribution < -0.4 is 10.0 Å². The van der Waals surface area contributed by atoms with Crippen LogP contribution in [0.2, 0.25) is 0 Å². The van der Waals surface area contributed by atoms with Crippen molar-refractivity contribution in [1.82, 2.24) is 10.0 Å². The second kappa shape index (κ2) is 3.40. The molecule has 6 heteroatoms. The molecule has 0 aromatic carbocycles. The third-order valence-electron chi connectivity index (χ3n) is 1.66. The lowest BCUT2D eigenvalue weighted by Gasteiger charge is -2.08. The van der Waals surface area contributed by atoms with Crippen LogP contribution in [0.3, 0.4) is 0 Å². The summed E-state index contributed by atoms with van der Waals surface area (Å²) in [6, 6.07) is -0.334. The molecule has 2 N–H and O–H groups in total. The Labute approximate surface area is 71.6 Å². The van der Waals surface area contributed by atoms with E-state index in [0.29, 0.717) is 6.42 Å². The van der Waals surface area contributed by atoms with Gasteiger partial charge in [-0.15, -0.1) is 0 Å². The second-order valence-corrected chi connectivity index (χ2v) is 4.64. The minimum atomic E-state index is -3.40. The Bertz CT molecular complexity index is 267. The predicted molar refractivity (Wildman–Crippen MR) is 44.0 cm³/mol. The van der Waals surface area contributed by atoms with E-state index in [4.69, 9.17) is 0 Å². The molecule has 0 spiro atoms. The molecule has 70 valence electrons. The number of carbonyl (C=O) groups excluding carboxylic acids is 1. The quantitative estimate of drug-likeness (QED) is 0.577. The first-order valence-electron chi connectivity index (χ1n) is 3.74. The molecule has 0 saturated carbocycles. The fraction of sp³-hybridized carbons (Fsp3) is 0.833. The van der Waals surface area contributed by atoms with Gasteiger partial charge in [0.25, 0.3) is 5.91 Å². The van der Waals surface area contributed by atoms with Gasteiger partial charge in [0.15, 0.2) is 0 Å². The molecule has 1 fully saturated rings. The standard InChI is InChI=1S/C6H12N2O3S/c1-12(10,11)8-6(9)5-3-2-4-7-5/h5,7H,2-4H2,1H3,(H,8,9). The van der Waals surface area contributed by atoms with Crippen molar-refractivity contribution in [3.8, 4) is 0 Å². The predicted octanol–water partition coefficient (Wildman–Crippen LogP) is -1.19. The van der Waals surface area contributed by atoms with Gasteiger partial charge in [0.1, 0.15) is 0 Å².